The molecule has 0 aromatic heterocycles. The standard InChI is InChI=1S/C12H20N2/c1-10-6-4-5-7-11(10)8-14-9-12(2,3)13/h4-7,14H,8-9,13H2,1-3H3. The Kier molecular flexibility index (Phi) is 3.67. The van der Waals surface area contributed by atoms with Gasteiger partial charge in [-0.15, -0.1) is 0 Å². The van der Waals surface area contributed by atoms with Gasteiger partial charge in [0.25, 0.3) is 0 Å². The average Bonchev–Trinajstić information content (AvgIpc) is 2.06. The van der Waals surface area contributed by atoms with E-state index in [-0.39, 0.29) is 5.54 Å². The predicted molar refractivity (Wildman–Crippen MR) is 61.2 cm³/mol. The Morgan fingerprint density at radius 2 is 1.93 bits per heavy atom. The van der Waals surface area contributed by atoms with E-state index in [1.165, 1.54) is 11.1 Å². The maximum absolute atomic E-state index is 5.88. The SMILES string of the molecule is Cc1ccccc1CNCC(C)(C)N. The van der Waals surface area contributed by atoms with Gasteiger partial charge < -0.3 is 11.1 Å². The van der Waals surface area contributed by atoms with Crippen molar-refractivity contribution in [1.82, 2.24) is 5.32 Å². The van der Waals surface area contributed by atoms with Gasteiger partial charge in [0, 0.05) is 18.6 Å². The zero-order valence-electron chi connectivity index (χ0n) is 9.30. The molecule has 2 heteroatoms. The van der Waals surface area contributed by atoms with Gasteiger partial charge in [0.15, 0.2) is 0 Å². The molecule has 0 atom stereocenters. The summed E-state index contributed by atoms with van der Waals surface area (Å²) in [7, 11) is 0. The number of aryl methyl sites for hydroxylation is 1. The minimum atomic E-state index is -0.136. The normalized spacial score (nSPS) is 11.7. The van der Waals surface area contributed by atoms with E-state index < -0.39 is 0 Å². The van der Waals surface area contributed by atoms with E-state index in [2.05, 4.69) is 36.5 Å². The van der Waals surface area contributed by atoms with Gasteiger partial charge in [-0.3, -0.25) is 0 Å². The molecule has 14 heavy (non-hydrogen) atoms. The van der Waals surface area contributed by atoms with Crippen LogP contribution in [0, 0.1) is 6.92 Å². The summed E-state index contributed by atoms with van der Waals surface area (Å²) in [6.07, 6.45) is 0. The molecule has 1 aromatic rings. The van der Waals surface area contributed by atoms with E-state index >= 15 is 0 Å². The third kappa shape index (κ3) is 3.90. The van der Waals surface area contributed by atoms with Crippen molar-refractivity contribution in [1.29, 1.82) is 0 Å². The van der Waals surface area contributed by atoms with E-state index in [9.17, 15) is 0 Å². The second-order valence-corrected chi connectivity index (χ2v) is 4.52. The van der Waals surface area contributed by atoms with E-state index in [0.29, 0.717) is 0 Å². The average molecular weight is 192 g/mol. The highest BCUT2D eigenvalue weighted by Gasteiger charge is 2.09. The molecule has 2 nitrogen and oxygen atoms in total. The van der Waals surface area contributed by atoms with Crippen LogP contribution in [0.25, 0.3) is 0 Å². The highest BCUT2D eigenvalue weighted by atomic mass is 14.9. The third-order valence-electron chi connectivity index (χ3n) is 2.16. The van der Waals surface area contributed by atoms with Crippen LogP contribution in [0.15, 0.2) is 24.3 Å². The number of hydrogen-bond donors (Lipinski definition) is 2. The fourth-order valence-electron chi connectivity index (χ4n) is 1.33. The van der Waals surface area contributed by atoms with Crippen LogP contribution >= 0.6 is 0 Å². The van der Waals surface area contributed by atoms with Crippen molar-refractivity contribution in [3.8, 4) is 0 Å². The Balaban J connectivity index is 2.43. The molecule has 0 fully saturated rings. The summed E-state index contributed by atoms with van der Waals surface area (Å²) >= 11 is 0. The maximum Gasteiger partial charge on any atom is 0.0223 e. The second-order valence-electron chi connectivity index (χ2n) is 4.52. The number of rotatable bonds is 4. The summed E-state index contributed by atoms with van der Waals surface area (Å²) in [4.78, 5) is 0. The zero-order chi connectivity index (χ0) is 10.6. The fourth-order valence-corrected chi connectivity index (χ4v) is 1.33. The Morgan fingerprint density at radius 3 is 2.50 bits per heavy atom. The first-order valence-electron chi connectivity index (χ1n) is 5.03. The third-order valence-corrected chi connectivity index (χ3v) is 2.16. The van der Waals surface area contributed by atoms with Crippen molar-refractivity contribution in [2.45, 2.75) is 32.9 Å². The molecule has 0 amide bonds. The maximum atomic E-state index is 5.88. The lowest BCUT2D eigenvalue weighted by Gasteiger charge is -2.19. The van der Waals surface area contributed by atoms with Gasteiger partial charge in [-0.05, 0) is 31.9 Å². The number of nitrogens with one attached hydrogen (secondary N) is 1. The summed E-state index contributed by atoms with van der Waals surface area (Å²) in [5.41, 5.74) is 8.41. The van der Waals surface area contributed by atoms with Crippen LogP contribution in [0.3, 0.4) is 0 Å². The van der Waals surface area contributed by atoms with Crippen LogP contribution in [0.4, 0.5) is 0 Å². The van der Waals surface area contributed by atoms with E-state index in [1.807, 2.05) is 13.8 Å². The molecule has 0 heterocycles. The van der Waals surface area contributed by atoms with Gasteiger partial charge in [0.05, 0.1) is 0 Å². The summed E-state index contributed by atoms with van der Waals surface area (Å²) in [5.74, 6) is 0. The Labute approximate surface area is 86.5 Å². The molecule has 78 valence electrons. The fraction of sp³-hybridized carbons (Fsp3) is 0.500. The van der Waals surface area contributed by atoms with Crippen molar-refractivity contribution >= 4 is 0 Å². The number of hydrogen-bond acceptors (Lipinski definition) is 2. The highest BCUT2D eigenvalue weighted by Crippen LogP contribution is 2.06. The first-order valence-corrected chi connectivity index (χ1v) is 5.03. The molecular formula is C12H20N2. The molecule has 0 aliphatic rings. The van der Waals surface area contributed by atoms with Crippen LogP contribution in [0.5, 0.6) is 0 Å². The van der Waals surface area contributed by atoms with Crippen molar-refractivity contribution in [2.24, 2.45) is 5.73 Å². The first-order chi connectivity index (χ1) is 6.49. The number of benzene rings is 1. The first kappa shape index (κ1) is 11.2. The van der Waals surface area contributed by atoms with Gasteiger partial charge >= 0.3 is 0 Å². The lowest BCUT2D eigenvalue weighted by molar-refractivity contribution is 0.466. The van der Waals surface area contributed by atoms with Crippen LogP contribution < -0.4 is 11.1 Å². The molecule has 0 saturated heterocycles. The van der Waals surface area contributed by atoms with Gasteiger partial charge in [-0.25, -0.2) is 0 Å². The zero-order valence-corrected chi connectivity index (χ0v) is 9.30. The highest BCUT2D eigenvalue weighted by molar-refractivity contribution is 5.25. The predicted octanol–water partition coefficient (Wildman–Crippen LogP) is 1.82. The van der Waals surface area contributed by atoms with Crippen molar-refractivity contribution < 1.29 is 0 Å². The summed E-state index contributed by atoms with van der Waals surface area (Å²) in [5, 5.41) is 3.36. The second kappa shape index (κ2) is 4.58. The van der Waals surface area contributed by atoms with E-state index in [0.717, 1.165) is 13.1 Å². The summed E-state index contributed by atoms with van der Waals surface area (Å²) in [6.45, 7) is 7.91. The molecule has 1 aromatic carbocycles. The summed E-state index contributed by atoms with van der Waals surface area (Å²) in [6, 6.07) is 8.40. The summed E-state index contributed by atoms with van der Waals surface area (Å²) < 4.78 is 0. The molecule has 3 N–H and O–H groups in total. The molecule has 1 rings (SSSR count). The minimum Gasteiger partial charge on any atom is -0.324 e. The molecule has 0 spiro atoms. The van der Waals surface area contributed by atoms with E-state index in [1.54, 1.807) is 0 Å². The van der Waals surface area contributed by atoms with Crippen LogP contribution in [0.1, 0.15) is 25.0 Å². The van der Waals surface area contributed by atoms with Crippen LogP contribution in [-0.4, -0.2) is 12.1 Å². The van der Waals surface area contributed by atoms with Gasteiger partial charge in [-0.2, -0.15) is 0 Å². The lowest BCUT2D eigenvalue weighted by Crippen LogP contribution is -2.42. The Morgan fingerprint density at radius 1 is 1.29 bits per heavy atom. The molecule has 0 unspecified atom stereocenters. The molecule has 0 radical (unpaired) electrons. The van der Waals surface area contributed by atoms with Gasteiger partial charge in [-0.1, -0.05) is 24.3 Å². The van der Waals surface area contributed by atoms with Crippen molar-refractivity contribution in [2.75, 3.05) is 6.54 Å². The minimum absolute atomic E-state index is 0.136. The van der Waals surface area contributed by atoms with Crippen molar-refractivity contribution in [3.05, 3.63) is 35.4 Å². The monoisotopic (exact) mass is 192 g/mol. The molecule has 0 aliphatic carbocycles. The quantitative estimate of drug-likeness (QED) is 0.763. The van der Waals surface area contributed by atoms with Crippen LogP contribution in [-0.2, 0) is 6.54 Å². The van der Waals surface area contributed by atoms with Crippen molar-refractivity contribution in [3.63, 3.8) is 0 Å². The largest absolute Gasteiger partial charge is 0.324 e. The lowest BCUT2D eigenvalue weighted by atomic mass is 10.1. The van der Waals surface area contributed by atoms with Gasteiger partial charge in [0.1, 0.15) is 0 Å². The Bertz CT molecular complexity index is 287. The molecule has 0 bridgehead atoms. The smallest absolute Gasteiger partial charge is 0.0223 e. The topological polar surface area (TPSA) is 38.0 Å². The van der Waals surface area contributed by atoms with Crippen LogP contribution in [0.2, 0.25) is 0 Å². The molecule has 0 aliphatic heterocycles. The Hall–Kier alpha value is -0.860. The van der Waals surface area contributed by atoms with Gasteiger partial charge in [0.2, 0.25) is 0 Å². The van der Waals surface area contributed by atoms with E-state index in [4.69, 9.17) is 5.73 Å². The molecular weight excluding hydrogens is 172 g/mol. The number of nitrogens with two attached hydrogens (primary N) is 1. The molecule has 0 saturated carbocycles.